The number of amides is 1. The molecule has 0 saturated carbocycles. The molecule has 0 radical (unpaired) electrons. The molecule has 3 rings (SSSR count). The van der Waals surface area contributed by atoms with Crippen LogP contribution in [0.1, 0.15) is 36.1 Å². The number of nitrogens with one attached hydrogen (secondary N) is 1. The summed E-state index contributed by atoms with van der Waals surface area (Å²) in [6.07, 6.45) is 4.16. The zero-order chi connectivity index (χ0) is 21.5. The number of nitriles is 1. The van der Waals surface area contributed by atoms with Crippen LogP contribution in [-0.4, -0.2) is 46.2 Å². The summed E-state index contributed by atoms with van der Waals surface area (Å²) >= 11 is 1.50. The first kappa shape index (κ1) is 22.4. The zero-order valence-corrected chi connectivity index (χ0v) is 18.5. The molecule has 1 aliphatic heterocycles. The van der Waals surface area contributed by atoms with Crippen LogP contribution in [0.2, 0.25) is 0 Å². The van der Waals surface area contributed by atoms with Crippen LogP contribution in [0, 0.1) is 31.1 Å². The Morgan fingerprint density at radius 1 is 1.33 bits per heavy atom. The smallest absolute Gasteiger partial charge is 0.240 e. The van der Waals surface area contributed by atoms with Crippen molar-refractivity contribution in [3.05, 3.63) is 53.3 Å². The zero-order valence-electron chi connectivity index (χ0n) is 17.7. The molecule has 0 aliphatic carbocycles. The van der Waals surface area contributed by atoms with E-state index < -0.39 is 0 Å². The van der Waals surface area contributed by atoms with Crippen molar-refractivity contribution in [2.75, 3.05) is 19.7 Å². The number of rotatable bonds is 8. The number of benzene rings is 1. The Hall–Kier alpha value is -2.27. The molecular weight excluding hydrogens is 396 g/mol. The van der Waals surface area contributed by atoms with Crippen LogP contribution in [0.5, 0.6) is 0 Å². The average molecular weight is 427 g/mol. The number of hydrogen-bond donors (Lipinski definition) is 2. The summed E-state index contributed by atoms with van der Waals surface area (Å²) in [7, 11) is 0. The highest BCUT2D eigenvalue weighted by Crippen LogP contribution is 2.24. The lowest BCUT2D eigenvalue weighted by Crippen LogP contribution is -2.48. The van der Waals surface area contributed by atoms with Gasteiger partial charge in [0.1, 0.15) is 11.8 Å². The lowest BCUT2D eigenvalue weighted by atomic mass is 9.97. The molecule has 6 nitrogen and oxygen atoms in total. The van der Waals surface area contributed by atoms with Crippen LogP contribution in [0.25, 0.3) is 0 Å². The van der Waals surface area contributed by atoms with Crippen molar-refractivity contribution in [3.8, 4) is 6.07 Å². The van der Waals surface area contributed by atoms with Gasteiger partial charge in [-0.25, -0.2) is 4.72 Å². The lowest BCUT2D eigenvalue weighted by molar-refractivity contribution is -0.134. The second kappa shape index (κ2) is 10.7. The van der Waals surface area contributed by atoms with E-state index in [4.69, 9.17) is 0 Å². The van der Waals surface area contributed by atoms with Crippen LogP contribution in [0.3, 0.4) is 0 Å². The number of piperidine rings is 1. The molecule has 1 aliphatic rings. The normalized spacial score (nSPS) is 15.7. The Balaban J connectivity index is 1.69. The third-order valence-corrected chi connectivity index (χ3v) is 6.80. The standard InChI is InChI=1S/C23H30N4O2S/c1-17-5-6-18(2)22(14-17)30-25-21(9-13-26-10-3-4-20(26)15-24)23(29)27-11-7-19(16-28)8-12-27/h3-6,10,14,19,21,25,28H,7-9,11-13,16H2,1-2H3. The van der Waals surface area contributed by atoms with E-state index >= 15 is 0 Å². The average Bonchev–Trinajstić information content (AvgIpc) is 3.23. The van der Waals surface area contributed by atoms with E-state index in [9.17, 15) is 15.2 Å². The number of aliphatic hydroxyl groups excluding tert-OH is 1. The van der Waals surface area contributed by atoms with Crippen LogP contribution in [-0.2, 0) is 11.3 Å². The van der Waals surface area contributed by atoms with E-state index in [1.54, 1.807) is 6.07 Å². The van der Waals surface area contributed by atoms with Crippen LogP contribution < -0.4 is 4.72 Å². The van der Waals surface area contributed by atoms with Crippen molar-refractivity contribution in [2.45, 2.75) is 50.6 Å². The Labute approximate surface area is 183 Å². The summed E-state index contributed by atoms with van der Waals surface area (Å²) in [6.45, 7) is 6.29. The van der Waals surface area contributed by atoms with E-state index in [0.29, 0.717) is 37.7 Å². The third-order valence-electron chi connectivity index (χ3n) is 5.74. The first-order valence-electron chi connectivity index (χ1n) is 10.5. The molecule has 2 heterocycles. The summed E-state index contributed by atoms with van der Waals surface area (Å²) in [5.74, 6) is 0.387. The minimum Gasteiger partial charge on any atom is -0.396 e. The van der Waals surface area contributed by atoms with Gasteiger partial charge in [-0.1, -0.05) is 12.1 Å². The van der Waals surface area contributed by atoms with E-state index in [2.05, 4.69) is 42.8 Å². The highest BCUT2D eigenvalue weighted by atomic mass is 32.2. The minimum atomic E-state index is -0.352. The molecule has 1 saturated heterocycles. The van der Waals surface area contributed by atoms with Crippen LogP contribution >= 0.6 is 11.9 Å². The molecule has 1 amide bonds. The number of aliphatic hydroxyl groups is 1. The van der Waals surface area contributed by atoms with Crippen molar-refractivity contribution in [1.29, 1.82) is 5.26 Å². The van der Waals surface area contributed by atoms with Gasteiger partial charge >= 0.3 is 0 Å². The van der Waals surface area contributed by atoms with Gasteiger partial charge in [0.2, 0.25) is 5.91 Å². The van der Waals surface area contributed by atoms with E-state index in [1.165, 1.54) is 23.1 Å². The number of aromatic nitrogens is 1. The second-order valence-corrected chi connectivity index (χ2v) is 8.86. The lowest BCUT2D eigenvalue weighted by Gasteiger charge is -2.34. The predicted octanol–water partition coefficient (Wildman–Crippen LogP) is 3.26. The van der Waals surface area contributed by atoms with Crippen LogP contribution in [0.4, 0.5) is 0 Å². The van der Waals surface area contributed by atoms with E-state index in [0.717, 1.165) is 17.7 Å². The van der Waals surface area contributed by atoms with Gasteiger partial charge in [0.15, 0.2) is 0 Å². The van der Waals surface area contributed by atoms with Crippen molar-refractivity contribution in [1.82, 2.24) is 14.2 Å². The van der Waals surface area contributed by atoms with Gasteiger partial charge in [-0.15, -0.1) is 0 Å². The first-order valence-corrected chi connectivity index (χ1v) is 11.3. The Kier molecular flexibility index (Phi) is 7.97. The van der Waals surface area contributed by atoms with Gasteiger partial charge in [-0.2, -0.15) is 5.26 Å². The molecule has 0 bridgehead atoms. The van der Waals surface area contributed by atoms with Gasteiger partial charge in [-0.05, 0) is 80.3 Å². The van der Waals surface area contributed by atoms with Crippen LogP contribution in [0.15, 0.2) is 41.4 Å². The molecule has 30 heavy (non-hydrogen) atoms. The van der Waals surface area contributed by atoms with Gasteiger partial charge < -0.3 is 14.6 Å². The molecule has 2 aromatic rings. The van der Waals surface area contributed by atoms with Crippen molar-refractivity contribution >= 4 is 17.9 Å². The third kappa shape index (κ3) is 5.66. The molecule has 1 unspecified atom stereocenters. The summed E-state index contributed by atoms with van der Waals surface area (Å²) in [4.78, 5) is 16.3. The Bertz CT molecular complexity index is 897. The number of nitrogens with zero attached hydrogens (tertiary/aromatic N) is 3. The summed E-state index contributed by atoms with van der Waals surface area (Å²) in [6, 6.07) is 11.8. The second-order valence-electron chi connectivity index (χ2n) is 7.98. The summed E-state index contributed by atoms with van der Waals surface area (Å²) in [5, 5.41) is 18.6. The van der Waals surface area contributed by atoms with Gasteiger partial charge in [0, 0.05) is 37.3 Å². The maximum absolute atomic E-state index is 13.3. The van der Waals surface area contributed by atoms with E-state index in [-0.39, 0.29) is 18.6 Å². The molecule has 2 N–H and O–H groups in total. The van der Waals surface area contributed by atoms with E-state index in [1.807, 2.05) is 21.7 Å². The van der Waals surface area contributed by atoms with Crippen molar-refractivity contribution < 1.29 is 9.90 Å². The molecule has 1 atom stereocenters. The first-order chi connectivity index (χ1) is 14.5. The number of hydrogen-bond acceptors (Lipinski definition) is 5. The number of likely N-dealkylation sites (tertiary alicyclic amines) is 1. The maximum Gasteiger partial charge on any atom is 0.240 e. The summed E-state index contributed by atoms with van der Waals surface area (Å²) in [5.41, 5.74) is 2.96. The SMILES string of the molecule is Cc1ccc(C)c(SNC(CCn2cccc2C#N)C(=O)N2CCC(CO)CC2)c1. The summed E-state index contributed by atoms with van der Waals surface area (Å²) < 4.78 is 5.30. The number of carbonyl (C=O) groups is 1. The van der Waals surface area contributed by atoms with Gasteiger partial charge in [-0.3, -0.25) is 4.79 Å². The molecule has 160 valence electrons. The fraction of sp³-hybridized carbons (Fsp3) is 0.478. The topological polar surface area (TPSA) is 81.3 Å². The van der Waals surface area contributed by atoms with Gasteiger partial charge in [0.25, 0.3) is 0 Å². The van der Waals surface area contributed by atoms with Gasteiger partial charge in [0.05, 0.1) is 6.04 Å². The molecule has 1 aromatic carbocycles. The maximum atomic E-state index is 13.3. The molecular formula is C23H30N4O2S. The molecule has 0 spiro atoms. The highest BCUT2D eigenvalue weighted by Gasteiger charge is 2.28. The highest BCUT2D eigenvalue weighted by molar-refractivity contribution is 7.97. The monoisotopic (exact) mass is 426 g/mol. The largest absolute Gasteiger partial charge is 0.396 e. The Morgan fingerprint density at radius 2 is 2.10 bits per heavy atom. The quantitative estimate of drug-likeness (QED) is 0.633. The minimum absolute atomic E-state index is 0.0925. The molecule has 1 fully saturated rings. The van der Waals surface area contributed by atoms with Crippen molar-refractivity contribution in [3.63, 3.8) is 0 Å². The fourth-order valence-corrected chi connectivity index (χ4v) is 4.68. The Morgan fingerprint density at radius 3 is 2.80 bits per heavy atom. The molecule has 7 heteroatoms. The fourth-order valence-electron chi connectivity index (χ4n) is 3.72. The number of aryl methyl sites for hydroxylation is 3. The predicted molar refractivity (Wildman–Crippen MR) is 119 cm³/mol. The molecule has 1 aromatic heterocycles. The van der Waals surface area contributed by atoms with Crippen molar-refractivity contribution in [2.24, 2.45) is 5.92 Å². The number of carbonyl (C=O) groups excluding carboxylic acids is 1.